The van der Waals surface area contributed by atoms with Crippen LogP contribution in [0.5, 0.6) is 11.6 Å². The van der Waals surface area contributed by atoms with Crippen LogP contribution in [0.4, 0.5) is 6.01 Å². The number of carbonyl (C=O) groups is 1. The van der Waals surface area contributed by atoms with E-state index in [1.165, 1.54) is 0 Å². The Labute approximate surface area is 212 Å². The fourth-order valence-corrected chi connectivity index (χ4v) is 4.48. The highest BCUT2D eigenvalue weighted by Gasteiger charge is 2.36. The number of carboxylic acid groups (broad SMARTS) is 1. The Morgan fingerprint density at radius 2 is 2.05 bits per heavy atom. The van der Waals surface area contributed by atoms with Crippen molar-refractivity contribution in [2.24, 2.45) is 0 Å². The molecule has 2 aromatic carbocycles. The van der Waals surface area contributed by atoms with Gasteiger partial charge >= 0.3 is 5.97 Å². The second-order valence-electron chi connectivity index (χ2n) is 8.56. The number of pyridine rings is 1. The number of aliphatic carboxylic acids is 1. The van der Waals surface area contributed by atoms with Gasteiger partial charge in [0.2, 0.25) is 5.88 Å². The lowest BCUT2D eigenvalue weighted by Crippen LogP contribution is -2.46. The number of benzene rings is 2. The van der Waals surface area contributed by atoms with Crippen LogP contribution in [0.15, 0.2) is 53.1 Å². The average molecular weight is 501 g/mol. The summed E-state index contributed by atoms with van der Waals surface area (Å²) >= 11 is 0. The number of anilines is 1. The summed E-state index contributed by atoms with van der Waals surface area (Å²) in [7, 11) is 3.14. The minimum Gasteiger partial charge on any atom is -0.496 e. The summed E-state index contributed by atoms with van der Waals surface area (Å²) in [5.74, 6) is 0.163. The van der Waals surface area contributed by atoms with Crippen molar-refractivity contribution in [2.45, 2.75) is 32.2 Å². The molecule has 0 spiro atoms. The molecule has 10 nitrogen and oxygen atoms in total. The highest BCUT2D eigenvalue weighted by molar-refractivity contribution is 5.81. The number of oxazole rings is 1. The normalized spacial score (nSPS) is 14.7. The smallest absolute Gasteiger partial charge is 0.326 e. The van der Waals surface area contributed by atoms with Crippen LogP contribution in [-0.2, 0) is 35.7 Å². The van der Waals surface area contributed by atoms with Gasteiger partial charge in [0.15, 0.2) is 5.58 Å². The average Bonchev–Trinajstić information content (AvgIpc) is 3.36. The number of hydrogen-bond acceptors (Lipinski definition) is 9. The van der Waals surface area contributed by atoms with E-state index in [0.717, 1.165) is 22.3 Å². The lowest BCUT2D eigenvalue weighted by molar-refractivity contribution is -0.138. The van der Waals surface area contributed by atoms with Gasteiger partial charge in [-0.1, -0.05) is 6.07 Å². The molecule has 0 unspecified atom stereocenters. The summed E-state index contributed by atoms with van der Waals surface area (Å²) in [6, 6.07) is 13.7. The Balaban J connectivity index is 1.43. The Morgan fingerprint density at radius 3 is 2.76 bits per heavy atom. The van der Waals surface area contributed by atoms with E-state index >= 15 is 0 Å². The molecule has 2 aromatic heterocycles. The van der Waals surface area contributed by atoms with E-state index in [1.807, 2.05) is 18.2 Å². The van der Waals surface area contributed by atoms with Gasteiger partial charge in [-0.15, -0.1) is 0 Å². The third-order valence-corrected chi connectivity index (χ3v) is 6.38. The van der Waals surface area contributed by atoms with Crippen molar-refractivity contribution in [1.82, 2.24) is 9.97 Å². The molecule has 0 amide bonds. The van der Waals surface area contributed by atoms with Crippen LogP contribution in [0, 0.1) is 11.3 Å². The summed E-state index contributed by atoms with van der Waals surface area (Å²) in [5.41, 5.74) is 4.93. The number of hydrogen-bond donors (Lipinski definition) is 1. The van der Waals surface area contributed by atoms with E-state index in [9.17, 15) is 9.90 Å². The second-order valence-corrected chi connectivity index (χ2v) is 8.56. The Hall–Kier alpha value is -4.62. The van der Waals surface area contributed by atoms with Gasteiger partial charge in [0.05, 0.1) is 39.1 Å². The topological polar surface area (TPSA) is 131 Å². The summed E-state index contributed by atoms with van der Waals surface area (Å²) in [5, 5.41) is 19.3. The third kappa shape index (κ3) is 4.77. The molecule has 1 aliphatic rings. The zero-order chi connectivity index (χ0) is 25.9. The van der Waals surface area contributed by atoms with Crippen molar-refractivity contribution < 1.29 is 28.5 Å². The van der Waals surface area contributed by atoms with Gasteiger partial charge in [0.25, 0.3) is 6.01 Å². The molecule has 0 fully saturated rings. The number of nitriles is 1. The first kappa shape index (κ1) is 24.1. The first-order chi connectivity index (χ1) is 18.0. The van der Waals surface area contributed by atoms with Crippen LogP contribution in [0.1, 0.15) is 27.8 Å². The minimum absolute atomic E-state index is 0.198. The van der Waals surface area contributed by atoms with Gasteiger partial charge in [0.1, 0.15) is 17.3 Å². The minimum atomic E-state index is -0.996. The molecule has 0 bridgehead atoms. The molecule has 188 valence electrons. The number of carboxylic acids is 1. The first-order valence-electron chi connectivity index (χ1n) is 11.5. The maximum absolute atomic E-state index is 12.3. The monoisotopic (exact) mass is 500 g/mol. The maximum atomic E-state index is 12.3. The molecule has 5 rings (SSSR count). The molecule has 37 heavy (non-hydrogen) atoms. The molecule has 1 atom stereocenters. The molecule has 0 saturated carbocycles. The molecule has 10 heteroatoms. The number of aromatic nitrogens is 2. The predicted molar refractivity (Wildman–Crippen MR) is 132 cm³/mol. The van der Waals surface area contributed by atoms with Crippen LogP contribution in [0.2, 0.25) is 0 Å². The summed E-state index contributed by atoms with van der Waals surface area (Å²) in [4.78, 5) is 22.7. The van der Waals surface area contributed by atoms with Gasteiger partial charge in [0, 0.05) is 36.9 Å². The number of ether oxygens (including phenoxy) is 3. The lowest BCUT2D eigenvalue weighted by atomic mass is 9.89. The predicted octanol–water partition coefficient (Wildman–Crippen LogP) is 3.84. The zero-order valence-electron chi connectivity index (χ0n) is 20.3. The van der Waals surface area contributed by atoms with Gasteiger partial charge in [-0.3, -0.25) is 0 Å². The fraction of sp³-hybridized carbons (Fsp3) is 0.259. The molecule has 3 heterocycles. The van der Waals surface area contributed by atoms with E-state index in [-0.39, 0.29) is 25.6 Å². The molecule has 4 aromatic rings. The summed E-state index contributed by atoms with van der Waals surface area (Å²) in [6.07, 6.45) is 1.90. The largest absolute Gasteiger partial charge is 0.496 e. The number of methoxy groups -OCH3 is 2. The maximum Gasteiger partial charge on any atom is 0.326 e. The molecular formula is C27H24N4O6. The zero-order valence-corrected chi connectivity index (χ0v) is 20.3. The van der Waals surface area contributed by atoms with Crippen molar-refractivity contribution in [3.8, 4) is 17.7 Å². The van der Waals surface area contributed by atoms with E-state index in [0.29, 0.717) is 34.9 Å². The van der Waals surface area contributed by atoms with Gasteiger partial charge < -0.3 is 28.6 Å². The van der Waals surface area contributed by atoms with Crippen LogP contribution in [0.25, 0.3) is 11.1 Å². The van der Waals surface area contributed by atoms with Crippen LogP contribution in [0.3, 0.4) is 0 Å². The fourth-order valence-electron chi connectivity index (χ4n) is 4.48. The van der Waals surface area contributed by atoms with Crippen molar-refractivity contribution in [2.75, 3.05) is 19.1 Å². The molecule has 1 aliphatic heterocycles. The molecular weight excluding hydrogens is 476 g/mol. The van der Waals surface area contributed by atoms with Crippen molar-refractivity contribution in [1.29, 1.82) is 5.26 Å². The van der Waals surface area contributed by atoms with Crippen LogP contribution >= 0.6 is 0 Å². The number of nitrogens with zero attached hydrogens (tertiary/aromatic N) is 4. The summed E-state index contributed by atoms with van der Waals surface area (Å²) in [6.45, 7) is 0.847. The Morgan fingerprint density at radius 1 is 1.19 bits per heavy atom. The van der Waals surface area contributed by atoms with Crippen molar-refractivity contribution >= 4 is 23.1 Å². The van der Waals surface area contributed by atoms with E-state index in [4.69, 9.17) is 23.9 Å². The first-order valence-corrected chi connectivity index (χ1v) is 11.5. The number of fused-ring (bicyclic) bond motifs is 2. The second kappa shape index (κ2) is 10.2. The van der Waals surface area contributed by atoms with Crippen LogP contribution in [-0.4, -0.2) is 41.3 Å². The molecule has 0 radical (unpaired) electrons. The molecule has 1 N–H and O–H groups in total. The summed E-state index contributed by atoms with van der Waals surface area (Å²) < 4.78 is 22.5. The quantitative estimate of drug-likeness (QED) is 0.381. The number of rotatable bonds is 8. The SMILES string of the molecule is COc1ccc(COCc2c(OC)ccc3c2C[C@@H](C(=O)O)N(c2nc4ccc(C#N)cc4o2)C3)cn1. The standard InChI is InChI=1S/C27H24N4O6/c1-34-23-7-5-18-13-31(27-30-21-6-3-16(11-28)9-24(21)37-27)22(26(32)33)10-19(18)20(23)15-36-14-17-4-8-25(35-2)29-12-17/h3-9,12,22H,10,13-15H2,1-2H3,(H,32,33)/t22-/m0/s1. The highest BCUT2D eigenvalue weighted by atomic mass is 16.5. The highest BCUT2D eigenvalue weighted by Crippen LogP contribution is 2.36. The van der Waals surface area contributed by atoms with Gasteiger partial charge in [-0.05, 0) is 41.0 Å². The van der Waals surface area contributed by atoms with Crippen LogP contribution < -0.4 is 14.4 Å². The van der Waals surface area contributed by atoms with Crippen molar-refractivity contribution in [3.05, 3.63) is 76.5 Å². The molecule has 0 saturated heterocycles. The van der Waals surface area contributed by atoms with Gasteiger partial charge in [-0.2, -0.15) is 10.2 Å². The lowest BCUT2D eigenvalue weighted by Gasteiger charge is -2.34. The third-order valence-electron chi connectivity index (χ3n) is 6.38. The Bertz CT molecular complexity index is 1490. The van der Waals surface area contributed by atoms with E-state index in [2.05, 4.69) is 16.0 Å². The van der Waals surface area contributed by atoms with Gasteiger partial charge in [-0.25, -0.2) is 9.78 Å². The van der Waals surface area contributed by atoms with E-state index < -0.39 is 12.0 Å². The Kier molecular flexibility index (Phi) is 6.62. The van der Waals surface area contributed by atoms with E-state index in [1.54, 1.807) is 49.6 Å². The van der Waals surface area contributed by atoms with Crippen molar-refractivity contribution in [3.63, 3.8) is 0 Å². The molecule has 0 aliphatic carbocycles.